The Bertz CT molecular complexity index is 751. The minimum atomic E-state index is -0.220. The molecule has 4 nitrogen and oxygen atoms in total. The van der Waals surface area contributed by atoms with Crippen LogP contribution in [0.3, 0.4) is 0 Å². The Hall–Kier alpha value is -2.62. The molecular weight excluding hydrogens is 300 g/mol. The molecule has 0 saturated carbocycles. The first-order chi connectivity index (χ1) is 11.4. The van der Waals surface area contributed by atoms with E-state index in [-0.39, 0.29) is 11.8 Å². The number of anilines is 1. The lowest BCUT2D eigenvalue weighted by Gasteiger charge is -2.11. The van der Waals surface area contributed by atoms with Crippen LogP contribution in [0.2, 0.25) is 0 Å². The second-order valence-electron chi connectivity index (χ2n) is 6.46. The topological polar surface area (TPSA) is 58.2 Å². The number of hydrogen-bond donors (Lipinski definition) is 2. The Morgan fingerprint density at radius 1 is 0.958 bits per heavy atom. The van der Waals surface area contributed by atoms with E-state index in [0.29, 0.717) is 23.6 Å². The maximum atomic E-state index is 12.5. The second kappa shape index (κ2) is 7.77. The first-order valence-electron chi connectivity index (χ1n) is 8.13. The molecule has 0 heterocycles. The van der Waals surface area contributed by atoms with Crippen molar-refractivity contribution in [1.82, 2.24) is 5.32 Å². The summed E-state index contributed by atoms with van der Waals surface area (Å²) >= 11 is 0. The molecule has 0 bridgehead atoms. The fraction of sp³-hybridized carbons (Fsp3) is 0.300. The van der Waals surface area contributed by atoms with Crippen LogP contribution >= 0.6 is 0 Å². The van der Waals surface area contributed by atoms with Crippen molar-refractivity contribution in [2.45, 2.75) is 27.7 Å². The normalized spacial score (nSPS) is 10.5. The third-order valence-corrected chi connectivity index (χ3v) is 3.70. The zero-order valence-electron chi connectivity index (χ0n) is 14.6. The zero-order chi connectivity index (χ0) is 17.7. The lowest BCUT2D eigenvalue weighted by molar-refractivity contribution is 0.0949. The Balaban J connectivity index is 2.14. The summed E-state index contributed by atoms with van der Waals surface area (Å²) in [4.78, 5) is 24.6. The summed E-state index contributed by atoms with van der Waals surface area (Å²) in [7, 11) is 0. The fourth-order valence-corrected chi connectivity index (χ4v) is 2.27. The molecule has 0 aliphatic carbocycles. The number of carbonyl (C=O) groups excluding carboxylic acids is 2. The predicted molar refractivity (Wildman–Crippen MR) is 97.5 cm³/mol. The highest BCUT2D eigenvalue weighted by atomic mass is 16.2. The van der Waals surface area contributed by atoms with Crippen LogP contribution in [0.15, 0.2) is 42.5 Å². The van der Waals surface area contributed by atoms with Gasteiger partial charge in [-0.15, -0.1) is 0 Å². The van der Waals surface area contributed by atoms with Crippen LogP contribution in [0.4, 0.5) is 5.69 Å². The molecule has 2 rings (SSSR count). The lowest BCUT2D eigenvalue weighted by Crippen LogP contribution is -2.27. The average molecular weight is 324 g/mol. The largest absolute Gasteiger partial charge is 0.352 e. The maximum Gasteiger partial charge on any atom is 0.255 e. The molecule has 0 unspecified atom stereocenters. The maximum absolute atomic E-state index is 12.5. The fourth-order valence-electron chi connectivity index (χ4n) is 2.27. The van der Waals surface area contributed by atoms with E-state index in [4.69, 9.17) is 0 Å². The van der Waals surface area contributed by atoms with Gasteiger partial charge in [-0.3, -0.25) is 9.59 Å². The van der Waals surface area contributed by atoms with Gasteiger partial charge in [-0.1, -0.05) is 32.0 Å². The van der Waals surface area contributed by atoms with Crippen LogP contribution in [0.25, 0.3) is 0 Å². The molecule has 0 aliphatic rings. The summed E-state index contributed by atoms with van der Waals surface area (Å²) in [5.74, 6) is -0.00276. The third kappa shape index (κ3) is 4.69. The van der Waals surface area contributed by atoms with Gasteiger partial charge >= 0.3 is 0 Å². The standard InChI is InChI=1S/C20H24N2O2/c1-13(2)12-21-19(23)16-6-5-7-17(11-16)20(24)22-18-10-14(3)8-9-15(18)4/h5-11,13H,12H2,1-4H3,(H,21,23)(H,22,24). The molecule has 0 aromatic heterocycles. The van der Waals surface area contributed by atoms with Gasteiger partial charge in [0.25, 0.3) is 11.8 Å². The van der Waals surface area contributed by atoms with E-state index in [0.717, 1.165) is 16.8 Å². The van der Waals surface area contributed by atoms with Crippen LogP contribution in [0.1, 0.15) is 45.7 Å². The Morgan fingerprint density at radius 2 is 1.62 bits per heavy atom. The number of carbonyl (C=O) groups is 2. The SMILES string of the molecule is Cc1ccc(C)c(NC(=O)c2cccc(C(=O)NCC(C)C)c2)c1. The van der Waals surface area contributed by atoms with Crippen molar-refractivity contribution < 1.29 is 9.59 Å². The van der Waals surface area contributed by atoms with Gasteiger partial charge < -0.3 is 10.6 Å². The molecule has 126 valence electrons. The molecule has 0 atom stereocenters. The predicted octanol–water partition coefficient (Wildman–Crippen LogP) is 3.94. The number of benzene rings is 2. The first kappa shape index (κ1) is 17.7. The van der Waals surface area contributed by atoms with Gasteiger partial charge in [-0.05, 0) is 55.2 Å². The van der Waals surface area contributed by atoms with E-state index in [1.165, 1.54) is 0 Å². The summed E-state index contributed by atoms with van der Waals surface area (Å²) in [6, 6.07) is 12.7. The van der Waals surface area contributed by atoms with E-state index in [1.54, 1.807) is 24.3 Å². The summed E-state index contributed by atoms with van der Waals surface area (Å²) in [6.45, 7) is 8.61. The molecule has 0 fully saturated rings. The van der Waals surface area contributed by atoms with Crippen molar-refractivity contribution in [2.75, 3.05) is 11.9 Å². The van der Waals surface area contributed by atoms with Crippen LogP contribution in [0.5, 0.6) is 0 Å². The second-order valence-corrected chi connectivity index (χ2v) is 6.46. The molecule has 2 N–H and O–H groups in total. The highest BCUT2D eigenvalue weighted by Gasteiger charge is 2.12. The summed E-state index contributed by atoms with van der Waals surface area (Å²) in [5, 5.41) is 5.77. The summed E-state index contributed by atoms with van der Waals surface area (Å²) < 4.78 is 0. The lowest BCUT2D eigenvalue weighted by atomic mass is 10.1. The van der Waals surface area contributed by atoms with Crippen molar-refractivity contribution >= 4 is 17.5 Å². The van der Waals surface area contributed by atoms with Gasteiger partial charge in [-0.25, -0.2) is 0 Å². The number of aryl methyl sites for hydroxylation is 2. The van der Waals surface area contributed by atoms with Crippen LogP contribution < -0.4 is 10.6 Å². The molecule has 2 amide bonds. The van der Waals surface area contributed by atoms with E-state index < -0.39 is 0 Å². The number of hydrogen-bond acceptors (Lipinski definition) is 2. The Morgan fingerprint density at radius 3 is 2.29 bits per heavy atom. The van der Waals surface area contributed by atoms with Crippen molar-refractivity contribution in [3.8, 4) is 0 Å². The van der Waals surface area contributed by atoms with Crippen molar-refractivity contribution in [2.24, 2.45) is 5.92 Å². The Kier molecular flexibility index (Phi) is 5.74. The molecule has 0 spiro atoms. The van der Waals surface area contributed by atoms with Crippen LogP contribution in [0, 0.1) is 19.8 Å². The van der Waals surface area contributed by atoms with E-state index >= 15 is 0 Å². The van der Waals surface area contributed by atoms with Gasteiger partial charge in [-0.2, -0.15) is 0 Å². The molecule has 24 heavy (non-hydrogen) atoms. The van der Waals surface area contributed by atoms with Gasteiger partial charge in [0.15, 0.2) is 0 Å². The highest BCUT2D eigenvalue weighted by Crippen LogP contribution is 2.17. The number of nitrogens with one attached hydrogen (secondary N) is 2. The van der Waals surface area contributed by atoms with Crippen molar-refractivity contribution in [3.05, 3.63) is 64.7 Å². The average Bonchev–Trinajstić information content (AvgIpc) is 2.56. The van der Waals surface area contributed by atoms with Crippen LogP contribution in [-0.2, 0) is 0 Å². The number of rotatable bonds is 5. The molecular formula is C20H24N2O2. The molecule has 2 aromatic carbocycles. The van der Waals surface area contributed by atoms with Gasteiger partial charge in [0, 0.05) is 23.4 Å². The first-order valence-corrected chi connectivity index (χ1v) is 8.13. The van der Waals surface area contributed by atoms with Crippen molar-refractivity contribution in [3.63, 3.8) is 0 Å². The smallest absolute Gasteiger partial charge is 0.255 e. The Labute approximate surface area is 143 Å². The van der Waals surface area contributed by atoms with E-state index in [1.807, 2.05) is 45.9 Å². The minimum Gasteiger partial charge on any atom is -0.352 e. The van der Waals surface area contributed by atoms with Gasteiger partial charge in [0.2, 0.25) is 0 Å². The monoisotopic (exact) mass is 324 g/mol. The quantitative estimate of drug-likeness (QED) is 0.875. The van der Waals surface area contributed by atoms with Gasteiger partial charge in [0.05, 0.1) is 0 Å². The molecule has 0 aliphatic heterocycles. The summed E-state index contributed by atoms with van der Waals surface area (Å²) in [6.07, 6.45) is 0. The van der Waals surface area contributed by atoms with E-state index in [2.05, 4.69) is 10.6 Å². The van der Waals surface area contributed by atoms with Crippen molar-refractivity contribution in [1.29, 1.82) is 0 Å². The molecule has 0 saturated heterocycles. The molecule has 4 heteroatoms. The van der Waals surface area contributed by atoms with E-state index in [9.17, 15) is 9.59 Å². The molecule has 0 radical (unpaired) electrons. The highest BCUT2D eigenvalue weighted by molar-refractivity contribution is 6.06. The minimum absolute atomic E-state index is 0.162. The molecule has 2 aromatic rings. The van der Waals surface area contributed by atoms with Crippen LogP contribution in [-0.4, -0.2) is 18.4 Å². The third-order valence-electron chi connectivity index (χ3n) is 3.70. The number of amides is 2. The summed E-state index contributed by atoms with van der Waals surface area (Å²) in [5.41, 5.74) is 3.82. The van der Waals surface area contributed by atoms with Gasteiger partial charge in [0.1, 0.15) is 0 Å². The zero-order valence-corrected chi connectivity index (χ0v) is 14.6.